The van der Waals surface area contributed by atoms with Crippen LogP contribution in [-0.4, -0.2) is 75.2 Å². The van der Waals surface area contributed by atoms with Gasteiger partial charge in [0.1, 0.15) is 5.82 Å². The quantitative estimate of drug-likeness (QED) is 0.618. The van der Waals surface area contributed by atoms with Crippen LogP contribution >= 0.6 is 11.6 Å². The van der Waals surface area contributed by atoms with Crippen LogP contribution in [0.4, 0.5) is 11.9 Å². The molecular weight excluding hydrogens is 406 g/mol. The second kappa shape index (κ2) is 8.90. The van der Waals surface area contributed by atoms with Crippen LogP contribution in [0.3, 0.4) is 0 Å². The van der Waals surface area contributed by atoms with Crippen LogP contribution in [0.2, 0.25) is 5.02 Å². The van der Waals surface area contributed by atoms with Gasteiger partial charge in [-0.1, -0.05) is 16.8 Å². The number of rotatable bonds is 6. The van der Waals surface area contributed by atoms with Gasteiger partial charge in [-0.05, 0) is 24.3 Å². The third kappa shape index (κ3) is 5.02. The maximum Gasteiger partial charge on any atom is 0.241 e. The summed E-state index contributed by atoms with van der Waals surface area (Å²) in [4.78, 5) is 23.8. The molecule has 3 aromatic rings. The van der Waals surface area contributed by atoms with E-state index in [9.17, 15) is 0 Å². The number of hydrogen-bond acceptors (Lipinski definition) is 10. The summed E-state index contributed by atoms with van der Waals surface area (Å²) in [7, 11) is 3.76. The van der Waals surface area contributed by atoms with E-state index in [1.165, 1.54) is 0 Å². The topological polar surface area (TPSA) is 113 Å². The van der Waals surface area contributed by atoms with E-state index in [0.717, 1.165) is 31.7 Å². The smallest absolute Gasteiger partial charge is 0.241 e. The first-order valence-electron chi connectivity index (χ1n) is 9.67. The van der Waals surface area contributed by atoms with Crippen LogP contribution in [0.25, 0.3) is 11.4 Å². The van der Waals surface area contributed by atoms with Crippen molar-refractivity contribution in [2.75, 3.05) is 50.9 Å². The Morgan fingerprint density at radius 2 is 1.63 bits per heavy atom. The first-order chi connectivity index (χ1) is 14.5. The molecule has 0 spiro atoms. The number of anilines is 2. The van der Waals surface area contributed by atoms with Gasteiger partial charge in [-0.3, -0.25) is 9.80 Å². The summed E-state index contributed by atoms with van der Waals surface area (Å²) < 4.78 is 5.43. The second-order valence-electron chi connectivity index (χ2n) is 7.38. The van der Waals surface area contributed by atoms with Gasteiger partial charge < -0.3 is 15.2 Å². The third-order valence-electron chi connectivity index (χ3n) is 4.85. The SMILES string of the molecule is CN(C)c1nc(N)nc(CN2CCN(Cc3nc(-c4ccc(Cl)cc4)no3)CC2)n1. The van der Waals surface area contributed by atoms with Crippen LogP contribution in [0.5, 0.6) is 0 Å². The molecule has 0 amide bonds. The third-order valence-corrected chi connectivity index (χ3v) is 5.10. The van der Waals surface area contributed by atoms with Crippen molar-refractivity contribution >= 4 is 23.5 Å². The molecule has 4 rings (SSSR count). The van der Waals surface area contributed by atoms with Crippen LogP contribution in [0, 0.1) is 0 Å². The predicted octanol–water partition coefficient (Wildman–Crippen LogP) is 1.54. The van der Waals surface area contributed by atoms with Gasteiger partial charge in [0.05, 0.1) is 13.1 Å². The van der Waals surface area contributed by atoms with Gasteiger partial charge in [-0.25, -0.2) is 0 Å². The highest BCUT2D eigenvalue weighted by atomic mass is 35.5. The van der Waals surface area contributed by atoms with E-state index < -0.39 is 0 Å². The molecule has 158 valence electrons. The molecule has 1 saturated heterocycles. The Kier molecular flexibility index (Phi) is 6.07. The van der Waals surface area contributed by atoms with E-state index in [4.69, 9.17) is 21.9 Å². The second-order valence-corrected chi connectivity index (χ2v) is 7.81. The molecule has 10 nitrogen and oxygen atoms in total. The molecule has 0 aliphatic carbocycles. The van der Waals surface area contributed by atoms with Gasteiger partial charge in [0.2, 0.25) is 23.6 Å². The zero-order valence-electron chi connectivity index (χ0n) is 17.0. The summed E-state index contributed by atoms with van der Waals surface area (Å²) >= 11 is 5.93. The molecule has 3 heterocycles. The molecule has 0 bridgehead atoms. The van der Waals surface area contributed by atoms with Crippen molar-refractivity contribution in [2.24, 2.45) is 0 Å². The number of nitrogens with two attached hydrogens (primary N) is 1. The lowest BCUT2D eigenvalue weighted by molar-refractivity contribution is 0.110. The zero-order valence-corrected chi connectivity index (χ0v) is 17.7. The maximum absolute atomic E-state index is 5.93. The number of piperazine rings is 1. The summed E-state index contributed by atoms with van der Waals surface area (Å²) in [5, 5.41) is 4.76. The highest BCUT2D eigenvalue weighted by Crippen LogP contribution is 2.19. The lowest BCUT2D eigenvalue weighted by Crippen LogP contribution is -2.45. The first kappa shape index (κ1) is 20.5. The Hall–Kier alpha value is -2.82. The Morgan fingerprint density at radius 1 is 0.967 bits per heavy atom. The van der Waals surface area contributed by atoms with Gasteiger partial charge in [-0.2, -0.15) is 19.9 Å². The highest BCUT2D eigenvalue weighted by Gasteiger charge is 2.21. The summed E-state index contributed by atoms with van der Waals surface area (Å²) in [6.45, 7) is 4.82. The largest absolute Gasteiger partial charge is 0.368 e. The highest BCUT2D eigenvalue weighted by molar-refractivity contribution is 6.30. The Bertz CT molecular complexity index is 984. The van der Waals surface area contributed by atoms with E-state index in [1.54, 1.807) is 0 Å². The summed E-state index contributed by atoms with van der Waals surface area (Å²) in [6.07, 6.45) is 0. The van der Waals surface area contributed by atoms with Gasteiger partial charge in [0.25, 0.3) is 0 Å². The molecule has 11 heteroatoms. The van der Waals surface area contributed by atoms with Crippen LogP contribution in [-0.2, 0) is 13.1 Å². The molecule has 0 atom stereocenters. The predicted molar refractivity (Wildman–Crippen MR) is 114 cm³/mol. The molecule has 2 aromatic heterocycles. The van der Waals surface area contributed by atoms with Gasteiger partial charge >= 0.3 is 0 Å². The molecule has 1 aromatic carbocycles. The summed E-state index contributed by atoms with van der Waals surface area (Å²) in [5.74, 6) is 2.68. The lowest BCUT2D eigenvalue weighted by atomic mass is 10.2. The number of aromatic nitrogens is 5. The fourth-order valence-corrected chi connectivity index (χ4v) is 3.35. The van der Waals surface area contributed by atoms with Gasteiger partial charge in [0, 0.05) is 50.9 Å². The average molecular weight is 430 g/mol. The molecular formula is C19H24ClN9O. The minimum absolute atomic E-state index is 0.246. The van der Waals surface area contributed by atoms with Crippen LogP contribution < -0.4 is 10.6 Å². The average Bonchev–Trinajstić information content (AvgIpc) is 3.18. The van der Waals surface area contributed by atoms with Crippen molar-refractivity contribution in [1.82, 2.24) is 34.9 Å². The van der Waals surface area contributed by atoms with E-state index in [0.29, 0.717) is 41.6 Å². The normalized spacial score (nSPS) is 15.4. The molecule has 1 aliphatic heterocycles. The van der Waals surface area contributed by atoms with Crippen LogP contribution in [0.15, 0.2) is 28.8 Å². The number of nitrogens with zero attached hydrogens (tertiary/aromatic N) is 8. The monoisotopic (exact) mass is 429 g/mol. The van der Waals surface area contributed by atoms with Crippen molar-refractivity contribution in [2.45, 2.75) is 13.1 Å². The molecule has 0 radical (unpaired) electrons. The molecule has 1 fully saturated rings. The molecule has 1 aliphatic rings. The molecule has 30 heavy (non-hydrogen) atoms. The number of benzene rings is 1. The number of halogens is 1. The molecule has 0 saturated carbocycles. The number of nitrogen functional groups attached to an aromatic ring is 1. The van der Waals surface area contributed by atoms with Crippen molar-refractivity contribution < 1.29 is 4.52 Å². The zero-order chi connectivity index (χ0) is 21.1. The Labute approximate surface area is 179 Å². The standard InChI is InChI=1S/C19H24ClN9O/c1-27(2)19-23-15(22-18(21)25-19)11-28-7-9-29(10-8-28)12-16-24-17(26-30-16)13-3-5-14(20)6-4-13/h3-6H,7-12H2,1-2H3,(H2,21,22,23,25). The molecule has 2 N–H and O–H groups in total. The maximum atomic E-state index is 5.93. The van der Waals surface area contributed by atoms with Gasteiger partial charge in [-0.15, -0.1) is 0 Å². The minimum Gasteiger partial charge on any atom is -0.368 e. The van der Waals surface area contributed by atoms with E-state index >= 15 is 0 Å². The van der Waals surface area contributed by atoms with E-state index in [1.807, 2.05) is 43.3 Å². The van der Waals surface area contributed by atoms with Crippen LogP contribution in [0.1, 0.15) is 11.7 Å². The van der Waals surface area contributed by atoms with Crippen molar-refractivity contribution in [1.29, 1.82) is 0 Å². The number of hydrogen-bond donors (Lipinski definition) is 1. The van der Waals surface area contributed by atoms with Gasteiger partial charge in [0.15, 0.2) is 0 Å². The fourth-order valence-electron chi connectivity index (χ4n) is 3.23. The molecule has 0 unspecified atom stereocenters. The summed E-state index contributed by atoms with van der Waals surface area (Å²) in [6, 6.07) is 7.39. The Morgan fingerprint density at radius 3 is 2.30 bits per heavy atom. The van der Waals surface area contributed by atoms with Crippen molar-refractivity contribution in [3.8, 4) is 11.4 Å². The van der Waals surface area contributed by atoms with E-state index in [2.05, 4.69) is 34.9 Å². The Balaban J connectivity index is 1.31. The fraction of sp³-hybridized carbons (Fsp3) is 0.421. The first-order valence-corrected chi connectivity index (χ1v) is 10.0. The van der Waals surface area contributed by atoms with E-state index in [-0.39, 0.29) is 5.95 Å². The summed E-state index contributed by atoms with van der Waals surface area (Å²) in [5.41, 5.74) is 6.70. The van der Waals surface area contributed by atoms with Crippen molar-refractivity contribution in [3.63, 3.8) is 0 Å². The van der Waals surface area contributed by atoms with Crippen molar-refractivity contribution in [3.05, 3.63) is 41.0 Å². The minimum atomic E-state index is 0.246. The lowest BCUT2D eigenvalue weighted by Gasteiger charge is -2.33.